The number of nitro groups is 1. The fourth-order valence-corrected chi connectivity index (χ4v) is 1.32. The van der Waals surface area contributed by atoms with Crippen molar-refractivity contribution in [2.45, 2.75) is 0 Å². The number of nitrogens with zero attached hydrogens (tertiary/aromatic N) is 1. The molecule has 3 N–H and O–H groups in total. The first-order valence-corrected chi connectivity index (χ1v) is 5.08. The highest BCUT2D eigenvalue weighted by atomic mass is 35.5. The van der Waals surface area contributed by atoms with E-state index in [1.54, 1.807) is 0 Å². The molecule has 1 rings (SSSR count). The molecular formula is C10H7ClN2O6. The summed E-state index contributed by atoms with van der Waals surface area (Å²) in [5.74, 6) is -3.35. The third kappa shape index (κ3) is 3.68. The molecule has 0 fully saturated rings. The number of rotatable bonds is 5. The second kappa shape index (κ2) is 5.83. The molecule has 0 aliphatic heterocycles. The summed E-state index contributed by atoms with van der Waals surface area (Å²) >= 11 is 5.65. The molecule has 0 saturated carbocycles. The van der Waals surface area contributed by atoms with Crippen molar-refractivity contribution < 1.29 is 24.7 Å². The van der Waals surface area contributed by atoms with E-state index in [4.69, 9.17) is 21.8 Å². The van der Waals surface area contributed by atoms with E-state index in [1.807, 2.05) is 0 Å². The molecule has 0 saturated heterocycles. The zero-order chi connectivity index (χ0) is 14.6. The molecule has 0 spiro atoms. The van der Waals surface area contributed by atoms with Gasteiger partial charge in [0.25, 0.3) is 5.69 Å². The number of halogens is 1. The van der Waals surface area contributed by atoms with Crippen LogP contribution in [0.5, 0.6) is 0 Å². The lowest BCUT2D eigenvalue weighted by Gasteiger charge is -2.04. The molecule has 100 valence electrons. The van der Waals surface area contributed by atoms with Crippen molar-refractivity contribution in [2.75, 3.05) is 5.32 Å². The number of benzene rings is 1. The average Bonchev–Trinajstić information content (AvgIpc) is 2.27. The second-order valence-corrected chi connectivity index (χ2v) is 3.67. The summed E-state index contributed by atoms with van der Waals surface area (Å²) in [6, 6.07) is 3.57. The number of hydrogen-bond acceptors (Lipinski definition) is 5. The van der Waals surface area contributed by atoms with Gasteiger partial charge in [0.2, 0.25) is 0 Å². The molecule has 0 aliphatic rings. The summed E-state index contributed by atoms with van der Waals surface area (Å²) in [5.41, 5.74) is -1.44. The Morgan fingerprint density at radius 2 is 1.89 bits per heavy atom. The molecule has 0 bridgehead atoms. The quantitative estimate of drug-likeness (QED) is 0.247. The summed E-state index contributed by atoms with van der Waals surface area (Å²) in [7, 11) is 0. The molecule has 0 atom stereocenters. The van der Waals surface area contributed by atoms with Crippen molar-refractivity contribution in [1.82, 2.24) is 0 Å². The van der Waals surface area contributed by atoms with Crippen LogP contribution in [0.25, 0.3) is 0 Å². The van der Waals surface area contributed by atoms with E-state index < -0.39 is 22.4 Å². The van der Waals surface area contributed by atoms with Crippen LogP contribution in [-0.4, -0.2) is 27.1 Å². The Kier molecular flexibility index (Phi) is 4.43. The van der Waals surface area contributed by atoms with Crippen molar-refractivity contribution in [3.05, 3.63) is 45.1 Å². The predicted molar refractivity (Wildman–Crippen MR) is 65.1 cm³/mol. The van der Waals surface area contributed by atoms with Gasteiger partial charge < -0.3 is 15.5 Å². The normalized spacial score (nSPS) is 9.53. The van der Waals surface area contributed by atoms with E-state index in [1.165, 1.54) is 12.1 Å². The summed E-state index contributed by atoms with van der Waals surface area (Å²) < 4.78 is 0. The van der Waals surface area contributed by atoms with E-state index >= 15 is 0 Å². The minimum absolute atomic E-state index is 0.113. The average molecular weight is 287 g/mol. The minimum Gasteiger partial charge on any atom is -0.477 e. The van der Waals surface area contributed by atoms with Gasteiger partial charge in [0.15, 0.2) is 5.57 Å². The number of nitro benzene ring substituents is 1. The van der Waals surface area contributed by atoms with Gasteiger partial charge in [0, 0.05) is 17.3 Å². The van der Waals surface area contributed by atoms with Gasteiger partial charge in [-0.15, -0.1) is 0 Å². The van der Waals surface area contributed by atoms with Gasteiger partial charge in [-0.2, -0.15) is 0 Å². The maximum absolute atomic E-state index is 10.7. The number of carboxylic acids is 2. The van der Waals surface area contributed by atoms with Crippen LogP contribution in [0.3, 0.4) is 0 Å². The number of hydrogen-bond donors (Lipinski definition) is 3. The van der Waals surface area contributed by atoms with Gasteiger partial charge in [-0.1, -0.05) is 11.6 Å². The summed E-state index contributed by atoms with van der Waals surface area (Å²) in [6.07, 6.45) is 0.642. The van der Waals surface area contributed by atoms with Crippen LogP contribution in [0.4, 0.5) is 11.4 Å². The fourth-order valence-electron chi connectivity index (χ4n) is 1.15. The van der Waals surface area contributed by atoms with E-state index in [2.05, 4.69) is 5.32 Å². The first-order valence-electron chi connectivity index (χ1n) is 4.70. The first-order chi connectivity index (χ1) is 8.82. The zero-order valence-electron chi connectivity index (χ0n) is 9.16. The smallest absolute Gasteiger partial charge is 0.344 e. The highest BCUT2D eigenvalue weighted by Gasteiger charge is 2.18. The van der Waals surface area contributed by atoms with Gasteiger partial charge in [0.1, 0.15) is 5.69 Å². The highest BCUT2D eigenvalue weighted by molar-refractivity contribution is 6.31. The third-order valence-corrected chi connectivity index (χ3v) is 2.22. The highest BCUT2D eigenvalue weighted by Crippen LogP contribution is 2.27. The molecule has 0 aliphatic carbocycles. The van der Waals surface area contributed by atoms with Crippen LogP contribution in [0, 0.1) is 10.1 Å². The lowest BCUT2D eigenvalue weighted by molar-refractivity contribution is -0.383. The van der Waals surface area contributed by atoms with Crippen molar-refractivity contribution in [1.29, 1.82) is 0 Å². The van der Waals surface area contributed by atoms with Crippen molar-refractivity contribution in [3.8, 4) is 0 Å². The van der Waals surface area contributed by atoms with E-state index in [9.17, 15) is 19.7 Å². The summed E-state index contributed by atoms with van der Waals surface area (Å²) in [6.45, 7) is 0. The van der Waals surface area contributed by atoms with Crippen molar-refractivity contribution in [3.63, 3.8) is 0 Å². The monoisotopic (exact) mass is 286 g/mol. The standard InChI is InChI=1S/C10H7ClN2O6/c11-5-1-2-8(13(18)19)7(3-5)12-4-6(9(14)15)10(16)17/h1-4,12H,(H,14,15)(H,16,17). The van der Waals surface area contributed by atoms with Crippen LogP contribution in [0.15, 0.2) is 30.0 Å². The molecule has 0 heterocycles. The maximum Gasteiger partial charge on any atom is 0.344 e. The van der Waals surface area contributed by atoms with Gasteiger partial charge in [-0.05, 0) is 12.1 Å². The molecule has 9 heteroatoms. The largest absolute Gasteiger partial charge is 0.477 e. The molecule has 0 amide bonds. The SMILES string of the molecule is O=C(O)C(=CNc1cc(Cl)ccc1[N+](=O)[O-])C(=O)O. The second-order valence-electron chi connectivity index (χ2n) is 3.23. The molecule has 19 heavy (non-hydrogen) atoms. The third-order valence-electron chi connectivity index (χ3n) is 1.99. The first kappa shape index (κ1) is 14.5. The number of carboxylic acid groups (broad SMARTS) is 2. The van der Waals surface area contributed by atoms with Gasteiger partial charge >= 0.3 is 11.9 Å². The number of aliphatic carboxylic acids is 2. The van der Waals surface area contributed by atoms with Gasteiger partial charge in [-0.25, -0.2) is 9.59 Å². The number of anilines is 1. The van der Waals surface area contributed by atoms with E-state index in [0.717, 1.165) is 6.07 Å². The molecule has 8 nitrogen and oxygen atoms in total. The predicted octanol–water partition coefficient (Wildman–Crippen LogP) is 1.71. The van der Waals surface area contributed by atoms with Crippen LogP contribution in [-0.2, 0) is 9.59 Å². The molecular weight excluding hydrogens is 280 g/mol. The topological polar surface area (TPSA) is 130 Å². The Bertz CT molecular complexity index is 567. The van der Waals surface area contributed by atoms with Crippen molar-refractivity contribution in [2.24, 2.45) is 0 Å². The zero-order valence-corrected chi connectivity index (χ0v) is 9.92. The summed E-state index contributed by atoms with van der Waals surface area (Å²) in [4.78, 5) is 31.2. The Hall–Kier alpha value is -2.61. The van der Waals surface area contributed by atoms with E-state index in [-0.39, 0.29) is 16.4 Å². The lowest BCUT2D eigenvalue weighted by Crippen LogP contribution is -2.13. The van der Waals surface area contributed by atoms with Gasteiger partial charge in [-0.3, -0.25) is 10.1 Å². The van der Waals surface area contributed by atoms with Crippen LogP contribution in [0.2, 0.25) is 5.02 Å². The number of carbonyl (C=O) groups is 2. The van der Waals surface area contributed by atoms with Crippen molar-refractivity contribution >= 4 is 34.9 Å². The van der Waals surface area contributed by atoms with E-state index in [0.29, 0.717) is 6.20 Å². The summed E-state index contributed by atoms with van der Waals surface area (Å²) in [5, 5.41) is 30.3. The molecule has 0 aromatic heterocycles. The Morgan fingerprint density at radius 3 is 2.37 bits per heavy atom. The Balaban J connectivity index is 3.15. The number of nitrogens with one attached hydrogen (secondary N) is 1. The molecule has 0 unspecified atom stereocenters. The van der Waals surface area contributed by atoms with Gasteiger partial charge in [0.05, 0.1) is 4.92 Å². The fraction of sp³-hybridized carbons (Fsp3) is 0. The maximum atomic E-state index is 10.7. The minimum atomic E-state index is -1.68. The molecule has 1 aromatic carbocycles. The Morgan fingerprint density at radius 1 is 1.32 bits per heavy atom. The molecule has 0 radical (unpaired) electrons. The van der Waals surface area contributed by atoms with Crippen LogP contribution < -0.4 is 5.32 Å². The lowest BCUT2D eigenvalue weighted by atomic mass is 10.2. The van der Waals surface area contributed by atoms with Crippen LogP contribution in [0.1, 0.15) is 0 Å². The Labute approximate surface area is 111 Å². The van der Waals surface area contributed by atoms with Crippen LogP contribution >= 0.6 is 11.6 Å². The molecule has 1 aromatic rings.